The summed E-state index contributed by atoms with van der Waals surface area (Å²) in [5.74, 6) is 0. The summed E-state index contributed by atoms with van der Waals surface area (Å²) in [6.45, 7) is 0. The monoisotopic (exact) mass is 238 g/mol. The average Bonchev–Trinajstić information content (AvgIpc) is 2.56. The van der Waals surface area contributed by atoms with Gasteiger partial charge >= 0.3 is 6.03 Å². The molecule has 0 aliphatic carbocycles. The van der Waals surface area contributed by atoms with Crippen molar-refractivity contribution in [2.24, 2.45) is 5.73 Å². The number of nitrogens with one attached hydrogen (secondary N) is 1. The number of carbonyl (C=O) groups is 1. The van der Waals surface area contributed by atoms with Gasteiger partial charge in [-0.05, 0) is 6.07 Å². The van der Waals surface area contributed by atoms with Gasteiger partial charge in [0.1, 0.15) is 0 Å². The lowest BCUT2D eigenvalue weighted by atomic mass is 10.3. The van der Waals surface area contributed by atoms with E-state index in [1.165, 1.54) is 18.2 Å². The standard InChI is InChI=1S/C8H6N4O3S/c9-7(13)11-8-10-5-2-1-4(12(14)15)3-6(5)16-8/h1-3H,(H3,9,10,11,13). The molecule has 2 aromatic rings. The van der Waals surface area contributed by atoms with Crippen molar-refractivity contribution in [1.29, 1.82) is 0 Å². The molecule has 0 aliphatic rings. The Hall–Kier alpha value is -2.22. The minimum atomic E-state index is -0.714. The summed E-state index contributed by atoms with van der Waals surface area (Å²) in [6.07, 6.45) is 0. The molecule has 1 aromatic carbocycles. The number of nitro benzene ring substituents is 1. The number of nitrogens with two attached hydrogens (primary N) is 1. The van der Waals surface area contributed by atoms with Gasteiger partial charge in [0, 0.05) is 12.1 Å². The molecule has 0 atom stereocenters. The second-order valence-electron chi connectivity index (χ2n) is 2.92. The fourth-order valence-electron chi connectivity index (χ4n) is 1.19. The molecule has 0 aliphatic heterocycles. The Morgan fingerprint density at radius 1 is 1.56 bits per heavy atom. The van der Waals surface area contributed by atoms with Crippen LogP contribution in [0.15, 0.2) is 18.2 Å². The van der Waals surface area contributed by atoms with E-state index < -0.39 is 11.0 Å². The third-order valence-electron chi connectivity index (χ3n) is 1.81. The molecule has 0 saturated heterocycles. The maximum atomic E-state index is 10.6. The quantitative estimate of drug-likeness (QED) is 0.612. The van der Waals surface area contributed by atoms with Crippen LogP contribution in [0.4, 0.5) is 15.6 Å². The molecule has 2 amide bonds. The number of carbonyl (C=O) groups excluding carboxylic acids is 1. The van der Waals surface area contributed by atoms with Crippen LogP contribution in [0.2, 0.25) is 0 Å². The van der Waals surface area contributed by atoms with Crippen LogP contribution in [0, 0.1) is 10.1 Å². The van der Waals surface area contributed by atoms with Crippen LogP contribution >= 0.6 is 11.3 Å². The van der Waals surface area contributed by atoms with Crippen LogP contribution < -0.4 is 11.1 Å². The van der Waals surface area contributed by atoms with Gasteiger partial charge in [-0.2, -0.15) is 0 Å². The molecule has 82 valence electrons. The lowest BCUT2D eigenvalue weighted by molar-refractivity contribution is -0.384. The molecule has 7 nitrogen and oxygen atoms in total. The Morgan fingerprint density at radius 2 is 2.31 bits per heavy atom. The number of thiazole rings is 1. The number of rotatable bonds is 2. The number of urea groups is 1. The van der Waals surface area contributed by atoms with E-state index in [2.05, 4.69) is 10.3 Å². The van der Waals surface area contributed by atoms with Crippen molar-refractivity contribution < 1.29 is 9.72 Å². The van der Waals surface area contributed by atoms with E-state index in [-0.39, 0.29) is 5.69 Å². The number of non-ortho nitro benzene ring substituents is 1. The molecule has 0 saturated carbocycles. The maximum Gasteiger partial charge on any atom is 0.318 e. The normalized spacial score (nSPS) is 10.2. The van der Waals surface area contributed by atoms with Gasteiger partial charge < -0.3 is 5.73 Å². The minimum Gasteiger partial charge on any atom is -0.351 e. The summed E-state index contributed by atoms with van der Waals surface area (Å²) >= 11 is 1.13. The number of nitrogens with zero attached hydrogens (tertiary/aromatic N) is 2. The van der Waals surface area contributed by atoms with E-state index >= 15 is 0 Å². The first-order valence-corrected chi connectivity index (χ1v) is 4.99. The Bertz CT molecular complexity index is 580. The van der Waals surface area contributed by atoms with Gasteiger partial charge in [-0.3, -0.25) is 15.4 Å². The van der Waals surface area contributed by atoms with Crippen LogP contribution in [0.1, 0.15) is 0 Å². The zero-order valence-electron chi connectivity index (χ0n) is 7.84. The SMILES string of the molecule is NC(=O)Nc1nc2ccc([N+](=O)[O-])cc2s1. The number of benzene rings is 1. The van der Waals surface area contributed by atoms with E-state index in [0.29, 0.717) is 15.3 Å². The Labute approximate surface area is 93.0 Å². The first kappa shape index (κ1) is 10.3. The van der Waals surface area contributed by atoms with E-state index in [9.17, 15) is 14.9 Å². The fourth-order valence-corrected chi connectivity index (χ4v) is 2.09. The largest absolute Gasteiger partial charge is 0.351 e. The number of hydrogen-bond acceptors (Lipinski definition) is 5. The summed E-state index contributed by atoms with van der Waals surface area (Å²) in [7, 11) is 0. The number of aromatic nitrogens is 1. The number of nitro groups is 1. The minimum absolute atomic E-state index is 0.0122. The summed E-state index contributed by atoms with van der Waals surface area (Å²) in [6, 6.07) is 3.57. The van der Waals surface area contributed by atoms with Crippen LogP contribution in [0.3, 0.4) is 0 Å². The predicted molar refractivity (Wildman–Crippen MR) is 59.5 cm³/mol. The Kier molecular flexibility index (Phi) is 2.41. The lowest BCUT2D eigenvalue weighted by Crippen LogP contribution is -2.18. The first-order valence-electron chi connectivity index (χ1n) is 4.18. The average molecular weight is 238 g/mol. The predicted octanol–water partition coefficient (Wildman–Crippen LogP) is 1.70. The highest BCUT2D eigenvalue weighted by atomic mass is 32.1. The molecule has 8 heteroatoms. The van der Waals surface area contributed by atoms with Crippen molar-refractivity contribution in [3.8, 4) is 0 Å². The van der Waals surface area contributed by atoms with E-state index in [1.807, 2.05) is 0 Å². The van der Waals surface area contributed by atoms with Gasteiger partial charge in [0.15, 0.2) is 5.13 Å². The number of amides is 2. The molecule has 0 bridgehead atoms. The number of primary amides is 1. The van der Waals surface area contributed by atoms with Crippen LogP contribution in [-0.2, 0) is 0 Å². The Morgan fingerprint density at radius 3 is 2.94 bits per heavy atom. The number of anilines is 1. The molecular formula is C8H6N4O3S. The van der Waals surface area contributed by atoms with E-state index in [0.717, 1.165) is 11.3 Å². The highest BCUT2D eigenvalue weighted by molar-refractivity contribution is 7.22. The van der Waals surface area contributed by atoms with Crippen molar-refractivity contribution >= 4 is 38.4 Å². The Balaban J connectivity index is 2.45. The molecule has 1 heterocycles. The van der Waals surface area contributed by atoms with Gasteiger partial charge in [-0.1, -0.05) is 11.3 Å². The smallest absolute Gasteiger partial charge is 0.318 e. The first-order chi connectivity index (χ1) is 7.56. The molecule has 0 fully saturated rings. The van der Waals surface area contributed by atoms with Gasteiger partial charge in [0.25, 0.3) is 5.69 Å². The topological polar surface area (TPSA) is 111 Å². The zero-order valence-corrected chi connectivity index (χ0v) is 8.65. The third-order valence-corrected chi connectivity index (χ3v) is 2.75. The highest BCUT2D eigenvalue weighted by Gasteiger charge is 2.10. The van der Waals surface area contributed by atoms with Crippen molar-refractivity contribution in [3.63, 3.8) is 0 Å². The third kappa shape index (κ3) is 1.91. The van der Waals surface area contributed by atoms with Crippen LogP contribution in [0.5, 0.6) is 0 Å². The summed E-state index contributed by atoms with van der Waals surface area (Å²) in [5, 5.41) is 13.2. The van der Waals surface area contributed by atoms with Gasteiger partial charge in [0.05, 0.1) is 15.1 Å². The molecule has 1 aromatic heterocycles. The zero-order chi connectivity index (χ0) is 11.7. The maximum absolute atomic E-state index is 10.6. The number of fused-ring (bicyclic) bond motifs is 1. The second kappa shape index (κ2) is 3.74. The highest BCUT2D eigenvalue weighted by Crippen LogP contribution is 2.28. The molecule has 0 radical (unpaired) electrons. The van der Waals surface area contributed by atoms with E-state index in [1.54, 1.807) is 0 Å². The second-order valence-corrected chi connectivity index (χ2v) is 3.95. The summed E-state index contributed by atoms with van der Waals surface area (Å²) in [4.78, 5) is 24.7. The van der Waals surface area contributed by atoms with Crippen molar-refractivity contribution in [2.45, 2.75) is 0 Å². The van der Waals surface area contributed by atoms with Crippen molar-refractivity contribution in [2.75, 3.05) is 5.32 Å². The van der Waals surface area contributed by atoms with Crippen molar-refractivity contribution in [1.82, 2.24) is 4.98 Å². The molecule has 0 unspecified atom stereocenters. The fraction of sp³-hybridized carbons (Fsp3) is 0. The van der Waals surface area contributed by atoms with Gasteiger partial charge in [0.2, 0.25) is 0 Å². The number of hydrogen-bond donors (Lipinski definition) is 2. The summed E-state index contributed by atoms with van der Waals surface area (Å²) < 4.78 is 0.623. The molecule has 16 heavy (non-hydrogen) atoms. The summed E-state index contributed by atoms with van der Waals surface area (Å²) in [5.41, 5.74) is 5.50. The molecule has 0 spiro atoms. The van der Waals surface area contributed by atoms with Gasteiger partial charge in [-0.25, -0.2) is 9.78 Å². The lowest BCUT2D eigenvalue weighted by Gasteiger charge is -1.91. The van der Waals surface area contributed by atoms with E-state index in [4.69, 9.17) is 5.73 Å². The molecule has 3 N–H and O–H groups in total. The van der Waals surface area contributed by atoms with Crippen LogP contribution in [0.25, 0.3) is 10.2 Å². The van der Waals surface area contributed by atoms with Gasteiger partial charge in [-0.15, -0.1) is 0 Å². The van der Waals surface area contributed by atoms with Crippen molar-refractivity contribution in [3.05, 3.63) is 28.3 Å². The van der Waals surface area contributed by atoms with Crippen LogP contribution in [-0.4, -0.2) is 15.9 Å². The molecule has 2 rings (SSSR count). The molecular weight excluding hydrogens is 232 g/mol.